The Hall–Kier alpha value is -1.60. The second-order valence-electron chi connectivity index (χ2n) is 3.38. The molecule has 0 atom stereocenters. The van der Waals surface area contributed by atoms with Crippen molar-refractivity contribution in [1.29, 1.82) is 5.26 Å². The summed E-state index contributed by atoms with van der Waals surface area (Å²) in [6.07, 6.45) is 0. The van der Waals surface area contributed by atoms with Gasteiger partial charge in [0, 0.05) is 0 Å². The van der Waals surface area contributed by atoms with E-state index in [9.17, 15) is 4.79 Å². The van der Waals surface area contributed by atoms with Crippen LogP contribution >= 0.6 is 11.6 Å². The zero-order chi connectivity index (χ0) is 13.1. The maximum atomic E-state index is 10.9. The number of halogens is 1. The molecule has 0 saturated heterocycles. The zero-order valence-corrected chi connectivity index (χ0v) is 11.8. The molecule has 4 nitrogen and oxygen atoms in total. The number of benzene rings is 1. The van der Waals surface area contributed by atoms with E-state index in [1.807, 2.05) is 18.2 Å². The van der Waals surface area contributed by atoms with E-state index in [0.717, 1.165) is 10.0 Å². The van der Waals surface area contributed by atoms with E-state index in [1.165, 1.54) is 6.92 Å². The first-order valence-corrected chi connectivity index (χ1v) is 7.04. The third-order valence-corrected chi connectivity index (χ3v) is 4.34. The van der Waals surface area contributed by atoms with Crippen LogP contribution in [-0.2, 0) is 4.79 Å². The van der Waals surface area contributed by atoms with Gasteiger partial charge >= 0.3 is 114 Å². The van der Waals surface area contributed by atoms with Crippen LogP contribution < -0.4 is 4.43 Å². The number of carbonyl (C=O) groups is 1. The first-order valence-electron chi connectivity index (χ1n) is 4.95. The first-order chi connectivity index (χ1) is 8.60. The van der Waals surface area contributed by atoms with Crippen molar-refractivity contribution in [2.45, 2.75) is 6.92 Å². The normalized spacial score (nSPS) is 11.3. The van der Waals surface area contributed by atoms with E-state index >= 15 is 0 Å². The molecule has 1 amide bonds. The van der Waals surface area contributed by atoms with E-state index in [0.29, 0.717) is 9.45 Å². The van der Waals surface area contributed by atoms with Crippen LogP contribution in [0.1, 0.15) is 12.7 Å². The fourth-order valence-corrected chi connectivity index (χ4v) is 3.36. The number of nitriles is 1. The molecule has 0 aliphatic heterocycles. The summed E-state index contributed by atoms with van der Waals surface area (Å²) in [4.78, 5) is 14.6. The SMILES string of the molecule is CC(=O)N=c1oc(C#N)c(-c2ccc(Cl)cc2)[se]1. The predicted molar refractivity (Wildman–Crippen MR) is 67.1 cm³/mol. The second-order valence-corrected chi connectivity index (χ2v) is 5.83. The molecular weight excluding hydrogens is 319 g/mol. The Labute approximate surface area is 114 Å². The predicted octanol–water partition coefficient (Wildman–Crippen LogP) is 1.98. The summed E-state index contributed by atoms with van der Waals surface area (Å²) < 4.78 is 6.36. The summed E-state index contributed by atoms with van der Waals surface area (Å²) in [6.45, 7) is 1.35. The van der Waals surface area contributed by atoms with Crippen LogP contribution in [-0.4, -0.2) is 20.4 Å². The Balaban J connectivity index is 2.58. The van der Waals surface area contributed by atoms with Gasteiger partial charge in [0.1, 0.15) is 0 Å². The van der Waals surface area contributed by atoms with Crippen LogP contribution in [0.2, 0.25) is 5.02 Å². The fourth-order valence-electron chi connectivity index (χ4n) is 1.33. The Morgan fingerprint density at radius 2 is 2.11 bits per heavy atom. The summed E-state index contributed by atoms with van der Waals surface area (Å²) in [5, 5.41) is 9.64. The fraction of sp³-hybridized carbons (Fsp3) is 0.0833. The Morgan fingerprint density at radius 1 is 1.44 bits per heavy atom. The minimum atomic E-state index is -0.332. The minimum absolute atomic E-state index is 0.206. The van der Waals surface area contributed by atoms with Crippen LogP contribution in [0, 0.1) is 11.3 Å². The van der Waals surface area contributed by atoms with E-state index in [2.05, 4.69) is 4.99 Å². The summed E-state index contributed by atoms with van der Waals surface area (Å²) in [6, 6.07) is 9.10. The van der Waals surface area contributed by atoms with Gasteiger partial charge in [-0.1, -0.05) is 0 Å². The van der Waals surface area contributed by atoms with Crippen molar-refractivity contribution in [3.05, 3.63) is 39.5 Å². The molecule has 1 aromatic carbocycles. The van der Waals surface area contributed by atoms with Gasteiger partial charge in [0.15, 0.2) is 0 Å². The average Bonchev–Trinajstić information content (AvgIpc) is 2.72. The van der Waals surface area contributed by atoms with Crippen LogP contribution in [0.25, 0.3) is 10.0 Å². The Bertz CT molecular complexity index is 692. The standard InChI is InChI=1S/C12H7ClN2O2Se/c1-7(16)15-12-17-10(6-14)11(18-12)8-2-4-9(13)5-3-8/h2-5H,1H3. The van der Waals surface area contributed by atoms with Crippen molar-refractivity contribution in [3.8, 4) is 16.1 Å². The quantitative estimate of drug-likeness (QED) is 0.753. The van der Waals surface area contributed by atoms with Gasteiger partial charge in [-0.15, -0.1) is 0 Å². The third kappa shape index (κ3) is 2.80. The topological polar surface area (TPSA) is 66.4 Å². The average molecular weight is 326 g/mol. The zero-order valence-electron chi connectivity index (χ0n) is 9.31. The van der Waals surface area contributed by atoms with Crippen molar-refractivity contribution < 1.29 is 9.21 Å². The molecule has 1 aromatic heterocycles. The number of carbonyl (C=O) groups excluding carboxylic acids is 1. The van der Waals surface area contributed by atoms with E-state index in [-0.39, 0.29) is 26.2 Å². The van der Waals surface area contributed by atoms with Crippen LogP contribution in [0.3, 0.4) is 0 Å². The van der Waals surface area contributed by atoms with Crippen molar-refractivity contribution in [1.82, 2.24) is 0 Å². The van der Waals surface area contributed by atoms with Gasteiger partial charge in [0.05, 0.1) is 0 Å². The molecule has 2 aromatic rings. The van der Waals surface area contributed by atoms with Crippen LogP contribution in [0.15, 0.2) is 33.7 Å². The Kier molecular flexibility index (Phi) is 3.83. The van der Waals surface area contributed by atoms with Gasteiger partial charge in [-0.25, -0.2) is 0 Å². The van der Waals surface area contributed by atoms with Gasteiger partial charge in [-0.3, -0.25) is 0 Å². The second kappa shape index (κ2) is 5.36. The van der Waals surface area contributed by atoms with Crippen LogP contribution in [0.5, 0.6) is 0 Å². The molecule has 0 N–H and O–H groups in total. The number of nitrogens with zero attached hydrogens (tertiary/aromatic N) is 2. The monoisotopic (exact) mass is 326 g/mol. The van der Waals surface area contributed by atoms with Crippen molar-refractivity contribution in [2.24, 2.45) is 4.99 Å². The molecule has 0 spiro atoms. The molecule has 0 aliphatic carbocycles. The summed E-state index contributed by atoms with van der Waals surface area (Å²) in [5.74, 6) is -0.126. The van der Waals surface area contributed by atoms with Crippen molar-refractivity contribution in [3.63, 3.8) is 0 Å². The molecule has 0 radical (unpaired) electrons. The van der Waals surface area contributed by atoms with Crippen LogP contribution in [0.4, 0.5) is 0 Å². The van der Waals surface area contributed by atoms with Gasteiger partial charge < -0.3 is 0 Å². The molecule has 0 bridgehead atoms. The van der Waals surface area contributed by atoms with Gasteiger partial charge in [-0.2, -0.15) is 0 Å². The molecule has 0 aliphatic rings. The molecule has 2 rings (SSSR count). The maximum absolute atomic E-state index is 10.9. The number of hydrogen-bond acceptors (Lipinski definition) is 3. The molecule has 0 saturated carbocycles. The number of hydrogen-bond donors (Lipinski definition) is 0. The molecule has 6 heteroatoms. The van der Waals surface area contributed by atoms with E-state index < -0.39 is 0 Å². The number of rotatable bonds is 1. The van der Waals surface area contributed by atoms with Gasteiger partial charge in [-0.05, 0) is 0 Å². The third-order valence-electron chi connectivity index (χ3n) is 2.04. The van der Waals surface area contributed by atoms with Crippen molar-refractivity contribution >= 4 is 32.0 Å². The molecule has 1 heterocycles. The van der Waals surface area contributed by atoms with E-state index in [1.54, 1.807) is 12.1 Å². The summed E-state index contributed by atoms with van der Waals surface area (Å²) in [7, 11) is 0. The molecular formula is C12H7ClN2O2Se. The number of amides is 1. The molecule has 0 unspecified atom stereocenters. The van der Waals surface area contributed by atoms with Crippen molar-refractivity contribution in [2.75, 3.05) is 0 Å². The molecule has 90 valence electrons. The van der Waals surface area contributed by atoms with Gasteiger partial charge in [0.2, 0.25) is 0 Å². The molecule has 18 heavy (non-hydrogen) atoms. The summed E-state index contributed by atoms with van der Waals surface area (Å²) in [5.41, 5.74) is 0.865. The Morgan fingerprint density at radius 3 is 2.67 bits per heavy atom. The van der Waals surface area contributed by atoms with E-state index in [4.69, 9.17) is 21.3 Å². The summed E-state index contributed by atoms with van der Waals surface area (Å²) >= 11 is 5.54. The first kappa shape index (κ1) is 12.8. The molecule has 0 fully saturated rings. The van der Waals surface area contributed by atoms with Gasteiger partial charge in [0.25, 0.3) is 0 Å².